The number of nitrogens with one attached hydrogen (secondary N) is 2. The molecule has 12 nitrogen and oxygen atoms in total. The van der Waals surface area contributed by atoms with Crippen molar-refractivity contribution in [1.82, 2.24) is 30.8 Å². The summed E-state index contributed by atoms with van der Waals surface area (Å²) in [6.45, 7) is 6.89. The number of benzene rings is 2. The number of carboxylic acids is 1. The van der Waals surface area contributed by atoms with Gasteiger partial charge in [-0.1, -0.05) is 44.5 Å². The summed E-state index contributed by atoms with van der Waals surface area (Å²) in [5, 5.41) is 24.6. The molecule has 0 spiro atoms. The van der Waals surface area contributed by atoms with Crippen molar-refractivity contribution in [2.24, 2.45) is 10.5 Å². The van der Waals surface area contributed by atoms with Crippen LogP contribution in [-0.4, -0.2) is 57.6 Å². The van der Waals surface area contributed by atoms with Gasteiger partial charge in [0.05, 0.1) is 19.9 Å². The Labute approximate surface area is 243 Å². The van der Waals surface area contributed by atoms with Gasteiger partial charge in [-0.3, -0.25) is 14.8 Å². The zero-order chi connectivity index (χ0) is 29.3. The summed E-state index contributed by atoms with van der Waals surface area (Å²) in [5.41, 5.74) is 8.24. The van der Waals surface area contributed by atoms with Gasteiger partial charge in [-0.25, -0.2) is 5.53 Å². The van der Waals surface area contributed by atoms with Crippen molar-refractivity contribution in [1.29, 1.82) is 0 Å². The summed E-state index contributed by atoms with van der Waals surface area (Å²) in [6, 6.07) is 11.4. The fraction of sp³-hybridized carbons (Fsp3) is 0.429. The summed E-state index contributed by atoms with van der Waals surface area (Å²) in [5.74, 6) is 1.95. The molecule has 0 saturated carbocycles. The van der Waals surface area contributed by atoms with Crippen molar-refractivity contribution in [2.45, 2.75) is 52.2 Å². The van der Waals surface area contributed by atoms with E-state index in [0.717, 1.165) is 22.6 Å². The van der Waals surface area contributed by atoms with E-state index in [2.05, 4.69) is 51.6 Å². The summed E-state index contributed by atoms with van der Waals surface area (Å²) in [4.78, 5) is 11.1. The third-order valence-corrected chi connectivity index (χ3v) is 7.00. The number of amidine groups is 1. The average Bonchev–Trinajstić information content (AvgIpc) is 3.50. The maximum atomic E-state index is 11.1. The minimum Gasteiger partial charge on any atom is -0.493 e. The number of halogens is 1. The van der Waals surface area contributed by atoms with Crippen LogP contribution < -0.4 is 20.4 Å². The molecule has 0 radical (unpaired) electrons. The fourth-order valence-corrected chi connectivity index (χ4v) is 5.27. The van der Waals surface area contributed by atoms with Gasteiger partial charge in [-0.2, -0.15) is 0 Å². The number of fused-ring (bicyclic) bond motifs is 3. The number of hydrazine groups is 2. The predicted octanol–water partition coefficient (Wildman–Crippen LogP) is 4.19. The molecule has 2 aliphatic rings. The Morgan fingerprint density at radius 1 is 1.15 bits per heavy atom. The molecule has 2 atom stereocenters. The van der Waals surface area contributed by atoms with Crippen LogP contribution in [0.1, 0.15) is 68.6 Å². The molecule has 218 valence electrons. The number of nitrogens with zero attached hydrogens (tertiary/aromatic N) is 5. The Bertz CT molecular complexity index is 1470. The molecule has 3 aromatic rings. The summed E-state index contributed by atoms with van der Waals surface area (Å²) in [6.07, 6.45) is -0.170. The zero-order valence-electron chi connectivity index (χ0n) is 23.6. The van der Waals surface area contributed by atoms with Crippen molar-refractivity contribution in [3.63, 3.8) is 0 Å². The van der Waals surface area contributed by atoms with E-state index < -0.39 is 18.2 Å². The van der Waals surface area contributed by atoms with E-state index in [-0.39, 0.29) is 11.8 Å². The molecule has 13 heteroatoms. The maximum absolute atomic E-state index is 11.1. The highest BCUT2D eigenvalue weighted by molar-refractivity contribution is 6.30. The second-order valence-corrected chi connectivity index (χ2v) is 11.6. The molecular formula is C28H34ClN7O5. The van der Waals surface area contributed by atoms with Gasteiger partial charge < -0.3 is 19.3 Å². The van der Waals surface area contributed by atoms with Gasteiger partial charge >= 0.3 is 5.97 Å². The molecule has 5 rings (SSSR count). The molecule has 3 heterocycles. The first-order valence-electron chi connectivity index (χ1n) is 13.3. The number of aromatic nitrogens is 3. The lowest BCUT2D eigenvalue weighted by atomic mass is 9.91. The largest absolute Gasteiger partial charge is 0.493 e. The van der Waals surface area contributed by atoms with Crippen LogP contribution in [0.25, 0.3) is 5.69 Å². The van der Waals surface area contributed by atoms with Gasteiger partial charge in [0.15, 0.2) is 23.2 Å². The van der Waals surface area contributed by atoms with E-state index in [9.17, 15) is 4.79 Å². The first-order valence-corrected chi connectivity index (χ1v) is 13.6. The second kappa shape index (κ2) is 11.6. The monoisotopic (exact) mass is 583 g/mol. The van der Waals surface area contributed by atoms with Crippen LogP contribution in [0.5, 0.6) is 11.5 Å². The lowest BCUT2D eigenvalue weighted by Gasteiger charge is -2.26. The highest BCUT2D eigenvalue weighted by atomic mass is 35.5. The Kier molecular flexibility index (Phi) is 8.07. The van der Waals surface area contributed by atoms with Gasteiger partial charge in [0.1, 0.15) is 24.5 Å². The number of ether oxygens (including phenoxy) is 3. The highest BCUT2D eigenvalue weighted by Gasteiger charge is 2.36. The van der Waals surface area contributed by atoms with E-state index in [4.69, 9.17) is 30.9 Å². The zero-order valence-corrected chi connectivity index (χ0v) is 24.4. The molecule has 41 heavy (non-hydrogen) atoms. The van der Waals surface area contributed by atoms with Crippen LogP contribution in [0.4, 0.5) is 0 Å². The number of hydrogen-bond donors (Lipinski definition) is 3. The smallest absolute Gasteiger partial charge is 0.311 e. The van der Waals surface area contributed by atoms with E-state index in [1.54, 1.807) is 19.3 Å². The molecule has 2 aliphatic heterocycles. The topological polar surface area (TPSA) is 135 Å². The molecular weight excluding hydrogens is 550 g/mol. The number of aliphatic carboxylic acids is 1. The Morgan fingerprint density at radius 3 is 2.66 bits per heavy atom. The molecule has 2 aromatic carbocycles. The van der Waals surface area contributed by atoms with Crippen molar-refractivity contribution < 1.29 is 24.1 Å². The number of hydrazone groups is 1. The number of carboxylic acid groups (broad SMARTS) is 1. The van der Waals surface area contributed by atoms with Gasteiger partial charge in [0, 0.05) is 29.1 Å². The number of methoxy groups -OCH3 is 2. The lowest BCUT2D eigenvalue weighted by Crippen LogP contribution is -2.43. The van der Waals surface area contributed by atoms with Gasteiger partial charge in [0.25, 0.3) is 0 Å². The van der Waals surface area contributed by atoms with E-state index in [1.165, 1.54) is 0 Å². The van der Waals surface area contributed by atoms with Gasteiger partial charge in [-0.05, 0) is 36.1 Å². The Balaban J connectivity index is 1.59. The number of hydrogen-bond acceptors (Lipinski definition) is 10. The lowest BCUT2D eigenvalue weighted by molar-refractivity contribution is -0.135. The standard InChI is InChI=1S/C28H34ClN7O5/c1-28(2,3)15-23-31-32-27-21(11-12-35-33-22(30-34-35)14-24(37)38)41-25(17-7-6-8-20(39-4)26(17)40-5)18-13-16(29)9-10-19(18)36(23)27/h6-10,13,21,25,34H,11-12,14-15H2,1-5H3,(H,30,33)(H,37,38)/t21-,25-/m1/s1. The fourth-order valence-electron chi connectivity index (χ4n) is 5.09. The Hall–Kier alpha value is -3.87. The number of rotatable bonds is 9. The van der Waals surface area contributed by atoms with Crippen LogP contribution in [0.3, 0.4) is 0 Å². The SMILES string of the molecule is COc1cccc([C@H]2O[C@H](CCN3NN=C(CC(=O)O)N3)c3nnc(CC(C)(C)C)n3-c3ccc(Cl)cc32)c1OC. The predicted molar refractivity (Wildman–Crippen MR) is 152 cm³/mol. The quantitative estimate of drug-likeness (QED) is 0.336. The van der Waals surface area contributed by atoms with Crippen LogP contribution >= 0.6 is 11.6 Å². The first-order chi connectivity index (χ1) is 19.6. The molecule has 0 fully saturated rings. The van der Waals surface area contributed by atoms with Crippen LogP contribution in [0.2, 0.25) is 5.02 Å². The average molecular weight is 584 g/mol. The van der Waals surface area contributed by atoms with E-state index >= 15 is 0 Å². The molecule has 0 saturated heterocycles. The molecule has 1 aromatic heterocycles. The van der Waals surface area contributed by atoms with Gasteiger partial charge in [0.2, 0.25) is 0 Å². The van der Waals surface area contributed by atoms with Crippen LogP contribution in [-0.2, 0) is 16.0 Å². The van der Waals surface area contributed by atoms with Crippen molar-refractivity contribution in [3.05, 3.63) is 64.2 Å². The first kappa shape index (κ1) is 28.7. The van der Waals surface area contributed by atoms with Crippen LogP contribution in [0.15, 0.2) is 41.5 Å². The molecule has 0 amide bonds. The third-order valence-electron chi connectivity index (χ3n) is 6.76. The normalized spacial score (nSPS) is 18.4. The van der Waals surface area contributed by atoms with Crippen molar-refractivity contribution in [3.8, 4) is 17.2 Å². The summed E-state index contributed by atoms with van der Waals surface area (Å²) in [7, 11) is 3.20. The number of para-hydroxylation sites is 1. The van der Waals surface area contributed by atoms with E-state index in [0.29, 0.717) is 47.6 Å². The summed E-state index contributed by atoms with van der Waals surface area (Å²) < 4.78 is 20.4. The second-order valence-electron chi connectivity index (χ2n) is 11.1. The molecule has 0 aliphatic carbocycles. The summed E-state index contributed by atoms with van der Waals surface area (Å²) >= 11 is 6.57. The highest BCUT2D eigenvalue weighted by Crippen LogP contribution is 2.46. The molecule has 0 unspecified atom stereocenters. The van der Waals surface area contributed by atoms with Crippen molar-refractivity contribution in [2.75, 3.05) is 20.8 Å². The maximum Gasteiger partial charge on any atom is 0.311 e. The minimum absolute atomic E-state index is 0.0459. The molecule has 3 N–H and O–H groups in total. The Morgan fingerprint density at radius 2 is 1.95 bits per heavy atom. The van der Waals surface area contributed by atoms with E-state index in [1.807, 2.05) is 36.4 Å². The number of carbonyl (C=O) groups is 1. The van der Waals surface area contributed by atoms with Crippen LogP contribution in [0, 0.1) is 5.41 Å². The van der Waals surface area contributed by atoms with Crippen molar-refractivity contribution >= 4 is 23.4 Å². The minimum atomic E-state index is -0.974. The third kappa shape index (κ3) is 6.09. The van der Waals surface area contributed by atoms with Gasteiger partial charge in [-0.15, -0.1) is 20.4 Å². The molecule has 0 bridgehead atoms.